The molecule has 2 atom stereocenters. The number of nitrogens with one attached hydrogen (secondary N) is 3. The van der Waals surface area contributed by atoms with Crippen molar-refractivity contribution in [2.45, 2.75) is 109 Å². The zero-order chi connectivity index (χ0) is 36.1. The number of carbonyl (C=O) groups excluding carboxylic acids is 1. The van der Waals surface area contributed by atoms with Gasteiger partial charge >= 0.3 is 6.18 Å². The number of hydrogen-bond donors (Lipinski definition) is 3. The first kappa shape index (κ1) is 35.7. The van der Waals surface area contributed by atoms with Crippen molar-refractivity contribution in [3.8, 4) is 6.07 Å². The van der Waals surface area contributed by atoms with Gasteiger partial charge in [0.1, 0.15) is 28.7 Å². The van der Waals surface area contributed by atoms with E-state index in [0.29, 0.717) is 27.6 Å². The Hall–Kier alpha value is -3.73. The first-order valence-corrected chi connectivity index (χ1v) is 19.0. The van der Waals surface area contributed by atoms with Gasteiger partial charge in [-0.3, -0.25) is 9.69 Å². The van der Waals surface area contributed by atoms with Gasteiger partial charge in [-0.05, 0) is 86.7 Å². The highest BCUT2D eigenvalue weighted by Crippen LogP contribution is 2.72. The number of aromatic nitrogens is 3. The molecular formula is C38H47F3N8OS. The van der Waals surface area contributed by atoms with Gasteiger partial charge in [-0.1, -0.05) is 32.8 Å². The van der Waals surface area contributed by atoms with Gasteiger partial charge < -0.3 is 20.5 Å². The number of nitrogens with zero attached hydrogens (tertiary/aromatic N) is 5. The predicted molar refractivity (Wildman–Crippen MR) is 195 cm³/mol. The van der Waals surface area contributed by atoms with E-state index in [2.05, 4.69) is 74.4 Å². The lowest BCUT2D eigenvalue weighted by Crippen LogP contribution is -2.82. The third-order valence-electron chi connectivity index (χ3n) is 12.1. The second kappa shape index (κ2) is 13.7. The Morgan fingerprint density at radius 2 is 1.94 bits per heavy atom. The van der Waals surface area contributed by atoms with E-state index in [-0.39, 0.29) is 33.8 Å². The van der Waals surface area contributed by atoms with E-state index < -0.39 is 12.6 Å². The van der Waals surface area contributed by atoms with Crippen LogP contribution < -0.4 is 16.0 Å². The molecule has 3 aromatic heterocycles. The molecular weight excluding hydrogens is 674 g/mol. The van der Waals surface area contributed by atoms with Gasteiger partial charge in [-0.15, -0.1) is 11.3 Å². The molecule has 2 bridgehead atoms. The number of unbranched alkanes of at least 4 members (excludes halogenated alkanes) is 1. The molecule has 1 saturated heterocycles. The minimum absolute atomic E-state index is 0.0840. The van der Waals surface area contributed by atoms with E-state index >= 15 is 0 Å². The van der Waals surface area contributed by atoms with E-state index in [1.165, 1.54) is 17.5 Å². The average molecular weight is 721 g/mol. The number of piperidine rings is 1. The molecule has 3 saturated carbocycles. The van der Waals surface area contributed by atoms with Gasteiger partial charge in [0, 0.05) is 53.5 Å². The van der Waals surface area contributed by atoms with Crippen LogP contribution in [0.4, 0.5) is 19.0 Å². The Morgan fingerprint density at radius 1 is 1.18 bits per heavy atom. The molecule has 51 heavy (non-hydrogen) atoms. The molecule has 1 aromatic carbocycles. The summed E-state index contributed by atoms with van der Waals surface area (Å²) in [5.74, 6) is 1.04. The van der Waals surface area contributed by atoms with Crippen molar-refractivity contribution < 1.29 is 18.0 Å². The number of halogens is 3. The smallest absolute Gasteiger partial charge is 0.367 e. The summed E-state index contributed by atoms with van der Waals surface area (Å²) in [5, 5.41) is 22.0. The van der Waals surface area contributed by atoms with Gasteiger partial charge in [0.15, 0.2) is 0 Å². The Balaban J connectivity index is 0.975. The Bertz CT molecular complexity index is 1970. The maximum atomic E-state index is 13.1. The molecule has 9 nitrogen and oxygen atoms in total. The van der Waals surface area contributed by atoms with Crippen molar-refractivity contribution >= 4 is 44.2 Å². The highest BCUT2D eigenvalue weighted by Gasteiger charge is 2.74. The summed E-state index contributed by atoms with van der Waals surface area (Å²) in [6.07, 6.45) is 2.78. The molecule has 3 N–H and O–H groups in total. The second-order valence-electron chi connectivity index (χ2n) is 15.2. The van der Waals surface area contributed by atoms with E-state index in [0.717, 1.165) is 93.4 Å². The van der Waals surface area contributed by atoms with Crippen LogP contribution >= 0.6 is 11.3 Å². The topological polar surface area (TPSA) is 111 Å². The van der Waals surface area contributed by atoms with Crippen LogP contribution in [-0.4, -0.2) is 69.3 Å². The van der Waals surface area contributed by atoms with Crippen molar-refractivity contribution in [2.75, 3.05) is 25.5 Å². The molecule has 4 fully saturated rings. The Labute approximate surface area is 301 Å². The molecule has 13 heteroatoms. The quantitative estimate of drug-likeness (QED) is 0.136. The Kier molecular flexibility index (Phi) is 9.56. The number of rotatable bonds is 13. The normalized spacial score (nSPS) is 24.2. The molecule has 1 amide bonds. The van der Waals surface area contributed by atoms with Crippen LogP contribution in [0.15, 0.2) is 30.6 Å². The number of carbonyl (C=O) groups is 1. The van der Waals surface area contributed by atoms with Crippen LogP contribution in [0.1, 0.15) is 80.5 Å². The third-order valence-corrected chi connectivity index (χ3v) is 13.1. The van der Waals surface area contributed by atoms with E-state index in [1.54, 1.807) is 6.07 Å². The number of likely N-dealkylation sites (tertiary alicyclic amines) is 1. The lowest BCUT2D eigenvalue weighted by Gasteiger charge is -2.76. The predicted octanol–water partition coefficient (Wildman–Crippen LogP) is 7.07. The SMILES string of the molecule is CCCCC(NC)C(=O)NC12CC(Cn3c(C#N)cc4c(C)c(CN5CCC(Nc6ncnc7sc(CC(F)(F)F)cc67)CC5)ccc43)(C1)[C@@H]2C. The standard InChI is InChI=1S/C38H47F3N8OS/c1-5-6-7-31(43-4)34(50)47-37-19-36(20-37,24(37)3)21-49-27(17-42)14-29-23(2)25(8-9-32(29)49)18-48-12-10-26(11-13-48)46-33-30-15-28(16-38(39,40)41)51-35(30)45-22-44-33/h8-9,14-15,22,24,26,31,43H,5-7,10-13,16,18-21H2,1-4H3,(H,47,50)(H,44,45,46)/t24-,31?,36?,37?/m0/s1. The lowest BCUT2D eigenvalue weighted by atomic mass is 9.33. The van der Waals surface area contributed by atoms with Crippen LogP contribution in [0.5, 0.6) is 0 Å². The fraction of sp³-hybridized carbons (Fsp3) is 0.579. The molecule has 3 aliphatic carbocycles. The highest BCUT2D eigenvalue weighted by atomic mass is 32.1. The van der Waals surface area contributed by atoms with Crippen LogP contribution in [0.25, 0.3) is 21.1 Å². The fourth-order valence-electron chi connectivity index (χ4n) is 8.98. The molecule has 8 rings (SSSR count). The zero-order valence-electron chi connectivity index (χ0n) is 29.8. The summed E-state index contributed by atoms with van der Waals surface area (Å²) in [6.45, 7) is 9.87. The summed E-state index contributed by atoms with van der Waals surface area (Å²) in [4.78, 5) is 24.9. The summed E-state index contributed by atoms with van der Waals surface area (Å²) in [5.41, 5.74) is 4.15. The summed E-state index contributed by atoms with van der Waals surface area (Å²) < 4.78 is 41.1. The van der Waals surface area contributed by atoms with Crippen molar-refractivity contribution in [3.63, 3.8) is 0 Å². The molecule has 1 aliphatic heterocycles. The van der Waals surface area contributed by atoms with Crippen molar-refractivity contribution in [2.24, 2.45) is 11.3 Å². The fourth-order valence-corrected chi connectivity index (χ4v) is 10.0. The number of aryl methyl sites for hydroxylation is 1. The Morgan fingerprint density at radius 3 is 2.61 bits per heavy atom. The minimum atomic E-state index is -4.26. The van der Waals surface area contributed by atoms with Gasteiger partial charge in [-0.25, -0.2) is 9.97 Å². The van der Waals surface area contributed by atoms with Crippen molar-refractivity contribution in [1.29, 1.82) is 5.26 Å². The largest absolute Gasteiger partial charge is 0.393 e. The maximum absolute atomic E-state index is 13.1. The van der Waals surface area contributed by atoms with Crippen LogP contribution in [0.3, 0.4) is 0 Å². The third kappa shape index (κ3) is 6.71. The second-order valence-corrected chi connectivity index (χ2v) is 16.3. The molecule has 4 aromatic rings. The average Bonchev–Trinajstić information content (AvgIpc) is 3.66. The molecule has 1 unspecified atom stereocenters. The lowest BCUT2D eigenvalue weighted by molar-refractivity contribution is -0.228. The number of thiophene rings is 1. The van der Waals surface area contributed by atoms with Gasteiger partial charge in [-0.2, -0.15) is 18.4 Å². The summed E-state index contributed by atoms with van der Waals surface area (Å²) in [7, 11) is 1.86. The molecule has 272 valence electrons. The van der Waals surface area contributed by atoms with Crippen molar-refractivity contribution in [3.05, 3.63) is 52.3 Å². The highest BCUT2D eigenvalue weighted by molar-refractivity contribution is 7.18. The molecule has 4 heterocycles. The first-order chi connectivity index (χ1) is 24.4. The van der Waals surface area contributed by atoms with Gasteiger partial charge in [0.2, 0.25) is 5.91 Å². The molecule has 4 aliphatic rings. The number of likely N-dealkylation sites (N-methyl/N-ethyl adjacent to an activating group) is 1. The number of anilines is 1. The zero-order valence-corrected chi connectivity index (χ0v) is 30.6. The van der Waals surface area contributed by atoms with Crippen LogP contribution in [-0.2, 0) is 24.3 Å². The number of fused-ring (bicyclic) bond motifs is 2. The van der Waals surface area contributed by atoms with E-state index in [1.807, 2.05) is 13.1 Å². The number of hydrogen-bond acceptors (Lipinski definition) is 8. The number of amides is 1. The maximum Gasteiger partial charge on any atom is 0.393 e. The first-order valence-electron chi connectivity index (χ1n) is 18.2. The van der Waals surface area contributed by atoms with Gasteiger partial charge in [0.05, 0.1) is 17.8 Å². The summed E-state index contributed by atoms with van der Waals surface area (Å²) >= 11 is 1.07. The van der Waals surface area contributed by atoms with Crippen LogP contribution in [0, 0.1) is 29.6 Å². The molecule has 0 spiro atoms. The van der Waals surface area contributed by atoms with E-state index in [9.17, 15) is 23.2 Å². The molecule has 0 radical (unpaired) electrons. The number of nitriles is 1. The van der Waals surface area contributed by atoms with E-state index in [4.69, 9.17) is 0 Å². The minimum Gasteiger partial charge on any atom is -0.367 e. The number of benzene rings is 1. The van der Waals surface area contributed by atoms with Crippen LogP contribution in [0.2, 0.25) is 0 Å². The van der Waals surface area contributed by atoms with Gasteiger partial charge in [0.25, 0.3) is 0 Å². The number of alkyl halides is 3. The summed E-state index contributed by atoms with van der Waals surface area (Å²) in [6, 6.07) is 10.4. The van der Waals surface area contributed by atoms with Crippen molar-refractivity contribution in [1.82, 2.24) is 30.1 Å². The monoisotopic (exact) mass is 720 g/mol.